The Morgan fingerprint density at radius 2 is 1.70 bits per heavy atom. The van der Waals surface area contributed by atoms with Crippen molar-refractivity contribution < 1.29 is 19.1 Å². The van der Waals surface area contributed by atoms with Crippen LogP contribution in [0.4, 0.5) is 0 Å². The van der Waals surface area contributed by atoms with Crippen LogP contribution in [0.2, 0.25) is 0 Å². The van der Waals surface area contributed by atoms with Crippen LogP contribution in [0.1, 0.15) is 52.1 Å². The van der Waals surface area contributed by atoms with E-state index in [1.54, 1.807) is 26.0 Å². The Bertz CT molecular complexity index is 772. The van der Waals surface area contributed by atoms with Gasteiger partial charge in [0, 0.05) is 23.7 Å². The van der Waals surface area contributed by atoms with Gasteiger partial charge in [-0.1, -0.05) is 30.3 Å². The van der Waals surface area contributed by atoms with Gasteiger partial charge >= 0.3 is 5.97 Å². The van der Waals surface area contributed by atoms with E-state index in [-0.39, 0.29) is 24.0 Å². The molecule has 1 aromatic carbocycles. The summed E-state index contributed by atoms with van der Waals surface area (Å²) in [5.74, 6) is -1.15. The van der Waals surface area contributed by atoms with Gasteiger partial charge in [0.15, 0.2) is 5.78 Å². The van der Waals surface area contributed by atoms with Crippen LogP contribution < -0.4 is 0 Å². The molecule has 1 aromatic heterocycles. The second-order valence-corrected chi connectivity index (χ2v) is 5.18. The Morgan fingerprint density at radius 1 is 1.09 bits per heavy atom. The molecule has 0 aliphatic rings. The number of esters is 1. The Balaban J connectivity index is 2.91. The second kappa shape index (κ2) is 6.60. The molecule has 5 nitrogen and oxygen atoms in total. The number of nitrogens with zero attached hydrogens (tertiary/aromatic N) is 1. The Kier molecular flexibility index (Phi) is 4.79. The highest BCUT2D eigenvalue weighted by molar-refractivity contribution is 6.10. The zero-order valence-electron chi connectivity index (χ0n) is 13.7. The highest BCUT2D eigenvalue weighted by Gasteiger charge is 2.30. The summed E-state index contributed by atoms with van der Waals surface area (Å²) in [7, 11) is 0. The molecule has 2 rings (SSSR count). The van der Waals surface area contributed by atoms with Crippen molar-refractivity contribution in [2.24, 2.45) is 0 Å². The highest BCUT2D eigenvalue weighted by atomic mass is 16.5. The van der Waals surface area contributed by atoms with Gasteiger partial charge in [-0.05, 0) is 26.3 Å². The van der Waals surface area contributed by atoms with Gasteiger partial charge in [-0.2, -0.15) is 0 Å². The molecule has 0 spiro atoms. The number of hydrogen-bond acceptors (Lipinski definition) is 4. The third-order valence-electron chi connectivity index (χ3n) is 3.61. The lowest BCUT2D eigenvalue weighted by Crippen LogP contribution is -2.18. The zero-order chi connectivity index (χ0) is 17.1. The number of ketones is 1. The lowest BCUT2D eigenvalue weighted by Gasteiger charge is -2.09. The minimum absolute atomic E-state index is 0.105. The van der Waals surface area contributed by atoms with Crippen molar-refractivity contribution in [3.05, 3.63) is 47.3 Å². The third-order valence-corrected chi connectivity index (χ3v) is 3.61. The third kappa shape index (κ3) is 2.95. The number of rotatable bonds is 4. The van der Waals surface area contributed by atoms with Crippen LogP contribution in [0.15, 0.2) is 30.3 Å². The summed E-state index contributed by atoms with van der Waals surface area (Å²) in [6.07, 6.45) is 0. The fourth-order valence-electron chi connectivity index (χ4n) is 2.79. The number of carbonyl (C=O) groups is 3. The maximum absolute atomic E-state index is 12.4. The topological polar surface area (TPSA) is 65.4 Å². The van der Waals surface area contributed by atoms with Gasteiger partial charge < -0.3 is 4.74 Å². The largest absolute Gasteiger partial charge is 0.461 e. The summed E-state index contributed by atoms with van der Waals surface area (Å²) in [6.45, 7) is 6.32. The Morgan fingerprint density at radius 3 is 2.17 bits per heavy atom. The van der Waals surface area contributed by atoms with Crippen LogP contribution in [0.5, 0.6) is 0 Å². The average molecular weight is 313 g/mol. The molecule has 0 bridgehead atoms. The molecule has 2 aromatic rings. The fourth-order valence-corrected chi connectivity index (χ4v) is 2.79. The van der Waals surface area contributed by atoms with E-state index in [4.69, 9.17) is 4.74 Å². The molecule has 0 aliphatic carbocycles. The van der Waals surface area contributed by atoms with Gasteiger partial charge in [-0.3, -0.25) is 14.2 Å². The molecule has 0 saturated heterocycles. The monoisotopic (exact) mass is 313 g/mol. The van der Waals surface area contributed by atoms with Crippen LogP contribution >= 0.6 is 0 Å². The maximum atomic E-state index is 12.4. The molecule has 0 N–H and O–H groups in total. The van der Waals surface area contributed by atoms with E-state index in [1.165, 1.54) is 18.4 Å². The molecule has 0 aliphatic heterocycles. The minimum Gasteiger partial charge on any atom is -0.461 e. The number of carbonyl (C=O) groups excluding carboxylic acids is 3. The molecule has 0 radical (unpaired) electrons. The summed E-state index contributed by atoms with van der Waals surface area (Å²) in [6, 6.07) is 9.07. The van der Waals surface area contributed by atoms with Crippen LogP contribution in [0.3, 0.4) is 0 Å². The van der Waals surface area contributed by atoms with Crippen molar-refractivity contribution in [3.63, 3.8) is 0 Å². The first kappa shape index (κ1) is 16.7. The van der Waals surface area contributed by atoms with Gasteiger partial charge in [-0.15, -0.1) is 0 Å². The Labute approximate surface area is 134 Å². The van der Waals surface area contributed by atoms with E-state index >= 15 is 0 Å². The summed E-state index contributed by atoms with van der Waals surface area (Å²) < 4.78 is 6.37. The summed E-state index contributed by atoms with van der Waals surface area (Å²) in [5.41, 5.74) is 2.07. The van der Waals surface area contributed by atoms with E-state index in [0.29, 0.717) is 22.4 Å². The van der Waals surface area contributed by atoms with Crippen molar-refractivity contribution in [1.29, 1.82) is 0 Å². The number of Topliss-reactive ketones (excluding diaryl/α,β-unsaturated/α-hetero) is 1. The van der Waals surface area contributed by atoms with E-state index in [1.807, 2.05) is 18.2 Å². The van der Waals surface area contributed by atoms with Crippen molar-refractivity contribution in [1.82, 2.24) is 4.57 Å². The van der Waals surface area contributed by atoms with Gasteiger partial charge in [0.1, 0.15) is 5.69 Å². The first-order valence-corrected chi connectivity index (χ1v) is 7.39. The molecule has 0 fully saturated rings. The lowest BCUT2D eigenvalue weighted by molar-refractivity contribution is 0.0509. The quantitative estimate of drug-likeness (QED) is 0.640. The predicted molar refractivity (Wildman–Crippen MR) is 86.9 cm³/mol. The fraction of sp³-hybridized carbons (Fsp3) is 0.278. The first-order valence-electron chi connectivity index (χ1n) is 7.39. The Hall–Kier alpha value is -2.69. The minimum atomic E-state index is -0.614. The summed E-state index contributed by atoms with van der Waals surface area (Å²) >= 11 is 0. The molecule has 120 valence electrons. The number of hydrogen-bond donors (Lipinski definition) is 0. The molecule has 0 amide bonds. The standard InChI is InChI=1S/C18H19NO4/c1-5-23-18(22)17-16(14-9-7-6-8-10-14)15(12(3)20)11(2)19(17)13(4)21/h6-10H,5H2,1-4H3. The molecule has 0 unspecified atom stereocenters. The van der Waals surface area contributed by atoms with Crippen LogP contribution in [0.25, 0.3) is 11.1 Å². The number of benzene rings is 1. The van der Waals surface area contributed by atoms with Gasteiger partial charge in [0.25, 0.3) is 0 Å². The van der Waals surface area contributed by atoms with E-state index in [9.17, 15) is 14.4 Å². The maximum Gasteiger partial charge on any atom is 0.356 e. The molecule has 0 atom stereocenters. The van der Waals surface area contributed by atoms with Gasteiger partial charge in [-0.25, -0.2) is 4.79 Å². The normalized spacial score (nSPS) is 10.4. The molecular weight excluding hydrogens is 294 g/mol. The predicted octanol–water partition coefficient (Wildman–Crippen LogP) is 3.50. The van der Waals surface area contributed by atoms with Crippen LogP contribution in [0, 0.1) is 6.92 Å². The van der Waals surface area contributed by atoms with Crippen molar-refractivity contribution >= 4 is 17.7 Å². The van der Waals surface area contributed by atoms with Crippen molar-refractivity contribution in [2.75, 3.05) is 6.61 Å². The average Bonchev–Trinajstić information content (AvgIpc) is 2.82. The van der Waals surface area contributed by atoms with Gasteiger partial charge in [0.2, 0.25) is 5.91 Å². The van der Waals surface area contributed by atoms with Crippen molar-refractivity contribution in [3.8, 4) is 11.1 Å². The number of aromatic nitrogens is 1. The molecule has 23 heavy (non-hydrogen) atoms. The molecule has 1 heterocycles. The van der Waals surface area contributed by atoms with Crippen molar-refractivity contribution in [2.45, 2.75) is 27.7 Å². The number of ether oxygens (including phenoxy) is 1. The first-order chi connectivity index (χ1) is 10.9. The van der Waals surface area contributed by atoms with E-state index < -0.39 is 5.97 Å². The SMILES string of the molecule is CCOC(=O)c1c(-c2ccccc2)c(C(C)=O)c(C)n1C(C)=O. The van der Waals surface area contributed by atoms with Crippen LogP contribution in [-0.4, -0.2) is 28.8 Å². The highest BCUT2D eigenvalue weighted by Crippen LogP contribution is 2.33. The molecular formula is C18H19NO4. The van der Waals surface area contributed by atoms with Crippen LogP contribution in [-0.2, 0) is 4.74 Å². The zero-order valence-corrected chi connectivity index (χ0v) is 13.7. The second-order valence-electron chi connectivity index (χ2n) is 5.18. The summed E-state index contributed by atoms with van der Waals surface area (Å²) in [5, 5.41) is 0. The van der Waals surface area contributed by atoms with E-state index in [2.05, 4.69) is 0 Å². The molecule has 5 heteroatoms. The van der Waals surface area contributed by atoms with Gasteiger partial charge in [0.05, 0.1) is 6.61 Å². The lowest BCUT2D eigenvalue weighted by atomic mass is 9.98. The van der Waals surface area contributed by atoms with E-state index in [0.717, 1.165) is 0 Å². The molecule has 0 saturated carbocycles. The smallest absolute Gasteiger partial charge is 0.356 e. The summed E-state index contributed by atoms with van der Waals surface area (Å²) in [4.78, 5) is 36.7.